The van der Waals surface area contributed by atoms with Crippen molar-refractivity contribution in [3.05, 3.63) is 60.7 Å². The minimum Gasteiger partial charge on any atom is -0.493 e. The third-order valence-corrected chi connectivity index (χ3v) is 4.87. The molecule has 0 radical (unpaired) electrons. The zero-order chi connectivity index (χ0) is 23.4. The summed E-state index contributed by atoms with van der Waals surface area (Å²) in [6, 6.07) is 11.0. The molecule has 0 unspecified atom stereocenters. The van der Waals surface area contributed by atoms with Gasteiger partial charge in [0.05, 0.1) is 27.5 Å². The predicted octanol–water partition coefficient (Wildman–Crippen LogP) is 4.75. The van der Waals surface area contributed by atoms with Crippen molar-refractivity contribution >= 4 is 11.5 Å². The van der Waals surface area contributed by atoms with Crippen LogP contribution in [0, 0.1) is 6.92 Å². The number of nitrogens with zero attached hydrogens (tertiary/aromatic N) is 4. The van der Waals surface area contributed by atoms with Crippen LogP contribution in [0.5, 0.6) is 28.7 Å². The van der Waals surface area contributed by atoms with E-state index in [-0.39, 0.29) is 0 Å². The Morgan fingerprint density at radius 2 is 1.67 bits per heavy atom. The van der Waals surface area contributed by atoms with E-state index >= 15 is 0 Å². The summed E-state index contributed by atoms with van der Waals surface area (Å²) in [5.41, 5.74) is 3.21. The number of nitrogens with one attached hydrogen (secondary N) is 1. The number of benzene rings is 1. The Hall–Kier alpha value is -4.27. The van der Waals surface area contributed by atoms with Crippen molar-refractivity contribution in [1.82, 2.24) is 19.7 Å². The van der Waals surface area contributed by atoms with Crippen LogP contribution >= 0.6 is 0 Å². The molecule has 0 saturated carbocycles. The van der Waals surface area contributed by atoms with Gasteiger partial charge < -0.3 is 24.3 Å². The molecule has 0 fully saturated rings. The Kier molecular flexibility index (Phi) is 6.30. The Morgan fingerprint density at radius 1 is 0.909 bits per heavy atom. The van der Waals surface area contributed by atoms with E-state index < -0.39 is 0 Å². The molecule has 4 aromatic rings. The normalized spacial score (nSPS) is 10.6. The number of aromatic nitrogens is 4. The number of ether oxygens (including phenoxy) is 4. The standard InChI is InChI=1S/C24H25N5O4/c1-15-6-7-19(23(27-15)16-13-26-29(2)14-16)33-18-8-9-25-22(12-18)28-17-10-20(30-3)24(32-5)21(11-17)31-4/h6-14H,1-5H3,(H,25,28). The molecule has 0 saturated heterocycles. The molecule has 0 aliphatic heterocycles. The van der Waals surface area contributed by atoms with Crippen LogP contribution < -0.4 is 24.3 Å². The van der Waals surface area contributed by atoms with Crippen LogP contribution in [-0.4, -0.2) is 41.1 Å². The Labute approximate surface area is 191 Å². The van der Waals surface area contributed by atoms with Crippen molar-refractivity contribution in [3.63, 3.8) is 0 Å². The van der Waals surface area contributed by atoms with Crippen molar-refractivity contribution in [2.45, 2.75) is 6.92 Å². The van der Waals surface area contributed by atoms with Crippen molar-refractivity contribution in [1.29, 1.82) is 0 Å². The smallest absolute Gasteiger partial charge is 0.203 e. The lowest BCUT2D eigenvalue weighted by atomic mass is 10.2. The van der Waals surface area contributed by atoms with Gasteiger partial charge in [-0.25, -0.2) is 9.97 Å². The van der Waals surface area contributed by atoms with E-state index in [4.69, 9.17) is 18.9 Å². The summed E-state index contributed by atoms with van der Waals surface area (Å²) in [5, 5.41) is 7.50. The van der Waals surface area contributed by atoms with Gasteiger partial charge in [0.15, 0.2) is 17.2 Å². The van der Waals surface area contributed by atoms with Gasteiger partial charge in [-0.3, -0.25) is 4.68 Å². The van der Waals surface area contributed by atoms with Crippen molar-refractivity contribution in [2.75, 3.05) is 26.6 Å². The number of rotatable bonds is 8. The van der Waals surface area contributed by atoms with Crippen LogP contribution in [0.2, 0.25) is 0 Å². The number of pyridine rings is 2. The van der Waals surface area contributed by atoms with E-state index in [9.17, 15) is 0 Å². The van der Waals surface area contributed by atoms with E-state index in [1.54, 1.807) is 62.7 Å². The van der Waals surface area contributed by atoms with Crippen LogP contribution in [0.15, 0.2) is 55.0 Å². The maximum atomic E-state index is 6.18. The number of aryl methyl sites for hydroxylation is 2. The molecule has 33 heavy (non-hydrogen) atoms. The lowest BCUT2D eigenvalue weighted by Gasteiger charge is -2.15. The second-order valence-corrected chi connectivity index (χ2v) is 7.22. The first-order valence-corrected chi connectivity index (χ1v) is 10.2. The minimum atomic E-state index is 0.519. The molecule has 9 heteroatoms. The fourth-order valence-corrected chi connectivity index (χ4v) is 3.35. The first-order chi connectivity index (χ1) is 16.0. The summed E-state index contributed by atoms with van der Waals surface area (Å²) in [5.74, 6) is 3.42. The summed E-state index contributed by atoms with van der Waals surface area (Å²) in [6.07, 6.45) is 5.33. The Balaban J connectivity index is 1.62. The van der Waals surface area contributed by atoms with Crippen molar-refractivity contribution in [2.24, 2.45) is 7.05 Å². The quantitative estimate of drug-likeness (QED) is 0.414. The molecule has 3 aromatic heterocycles. The van der Waals surface area contributed by atoms with Gasteiger partial charge in [-0.1, -0.05) is 0 Å². The molecule has 0 spiro atoms. The highest BCUT2D eigenvalue weighted by Crippen LogP contribution is 2.40. The van der Waals surface area contributed by atoms with Gasteiger partial charge in [0.2, 0.25) is 5.75 Å². The third kappa shape index (κ3) is 4.82. The van der Waals surface area contributed by atoms with Crippen LogP contribution in [0.1, 0.15) is 5.69 Å². The van der Waals surface area contributed by atoms with Gasteiger partial charge in [-0.05, 0) is 25.1 Å². The van der Waals surface area contributed by atoms with Crippen LogP contribution in [-0.2, 0) is 7.05 Å². The molecular weight excluding hydrogens is 422 g/mol. The molecule has 0 aliphatic rings. The third-order valence-electron chi connectivity index (χ3n) is 4.87. The Bertz CT molecular complexity index is 1250. The molecule has 3 heterocycles. The van der Waals surface area contributed by atoms with E-state index in [1.165, 1.54) is 0 Å². The highest BCUT2D eigenvalue weighted by Gasteiger charge is 2.15. The number of methoxy groups -OCH3 is 3. The zero-order valence-corrected chi connectivity index (χ0v) is 19.1. The first kappa shape index (κ1) is 21.9. The second-order valence-electron chi connectivity index (χ2n) is 7.22. The maximum Gasteiger partial charge on any atom is 0.203 e. The number of hydrogen-bond donors (Lipinski definition) is 1. The molecule has 170 valence electrons. The van der Waals surface area contributed by atoms with E-state index in [0.29, 0.717) is 34.6 Å². The van der Waals surface area contributed by atoms with Crippen molar-refractivity contribution in [3.8, 4) is 40.0 Å². The Morgan fingerprint density at radius 3 is 2.30 bits per heavy atom. The summed E-state index contributed by atoms with van der Waals surface area (Å²) in [7, 11) is 6.58. The lowest BCUT2D eigenvalue weighted by molar-refractivity contribution is 0.324. The molecule has 0 amide bonds. The molecule has 1 aromatic carbocycles. The van der Waals surface area contributed by atoms with Crippen molar-refractivity contribution < 1.29 is 18.9 Å². The monoisotopic (exact) mass is 447 g/mol. The summed E-state index contributed by atoms with van der Waals surface area (Å²) in [4.78, 5) is 9.04. The number of hydrogen-bond acceptors (Lipinski definition) is 8. The highest BCUT2D eigenvalue weighted by molar-refractivity contribution is 5.68. The van der Waals surface area contributed by atoms with E-state index in [1.807, 2.05) is 32.3 Å². The van der Waals surface area contributed by atoms with Gasteiger partial charge in [-0.15, -0.1) is 0 Å². The fraction of sp³-hybridized carbons (Fsp3) is 0.208. The molecule has 0 bridgehead atoms. The molecule has 0 aliphatic carbocycles. The topological polar surface area (TPSA) is 92.6 Å². The van der Waals surface area contributed by atoms with Crippen LogP contribution in [0.3, 0.4) is 0 Å². The van der Waals surface area contributed by atoms with Gasteiger partial charge in [-0.2, -0.15) is 5.10 Å². The number of anilines is 2. The molecule has 9 nitrogen and oxygen atoms in total. The average molecular weight is 447 g/mol. The van der Waals surface area contributed by atoms with Gasteiger partial charge >= 0.3 is 0 Å². The fourth-order valence-electron chi connectivity index (χ4n) is 3.35. The zero-order valence-electron chi connectivity index (χ0n) is 19.1. The first-order valence-electron chi connectivity index (χ1n) is 10.2. The van der Waals surface area contributed by atoms with Crippen LogP contribution in [0.25, 0.3) is 11.3 Å². The summed E-state index contributed by atoms with van der Waals surface area (Å²) >= 11 is 0. The minimum absolute atomic E-state index is 0.519. The van der Waals surface area contributed by atoms with Gasteiger partial charge in [0.25, 0.3) is 0 Å². The SMILES string of the molecule is COc1cc(Nc2cc(Oc3ccc(C)nc3-c3cnn(C)c3)ccn2)cc(OC)c1OC. The van der Waals surface area contributed by atoms with E-state index in [0.717, 1.165) is 22.6 Å². The summed E-state index contributed by atoms with van der Waals surface area (Å²) in [6.45, 7) is 1.94. The maximum absolute atomic E-state index is 6.18. The predicted molar refractivity (Wildman–Crippen MR) is 125 cm³/mol. The highest BCUT2D eigenvalue weighted by atomic mass is 16.5. The molecule has 0 atom stereocenters. The molecule has 1 N–H and O–H groups in total. The van der Waals surface area contributed by atoms with E-state index in [2.05, 4.69) is 20.4 Å². The largest absolute Gasteiger partial charge is 0.493 e. The average Bonchev–Trinajstić information content (AvgIpc) is 3.25. The molecular formula is C24H25N5O4. The second kappa shape index (κ2) is 9.47. The van der Waals surface area contributed by atoms with Gasteiger partial charge in [0, 0.05) is 54.6 Å². The van der Waals surface area contributed by atoms with Gasteiger partial charge in [0.1, 0.15) is 17.3 Å². The van der Waals surface area contributed by atoms with Crippen LogP contribution in [0.4, 0.5) is 11.5 Å². The summed E-state index contributed by atoms with van der Waals surface area (Å²) < 4.78 is 24.1. The molecule has 4 rings (SSSR count). The lowest BCUT2D eigenvalue weighted by Crippen LogP contribution is -1.99.